The number of ketones is 1. The number of morpholine rings is 1. The molecule has 2 aromatic carbocycles. The van der Waals surface area contributed by atoms with Crippen molar-refractivity contribution < 1.29 is 13.9 Å². The fourth-order valence-corrected chi connectivity index (χ4v) is 3.08. The van der Waals surface area contributed by atoms with Gasteiger partial charge in [-0.25, -0.2) is 4.39 Å². The first kappa shape index (κ1) is 17.4. The monoisotopic (exact) mass is 358 g/mol. The van der Waals surface area contributed by atoms with Crippen molar-refractivity contribution in [2.24, 2.45) is 0 Å². The van der Waals surface area contributed by atoms with E-state index in [1.165, 1.54) is 13.0 Å². The molecule has 2 aromatic rings. The number of hydrogen-bond donors (Lipinski definition) is 0. The molecule has 1 aliphatic rings. The largest absolute Gasteiger partial charge is 0.370 e. The van der Waals surface area contributed by atoms with Crippen LogP contribution in [0.5, 0.6) is 0 Å². The van der Waals surface area contributed by atoms with Gasteiger partial charge in [-0.3, -0.25) is 4.79 Å². The lowest BCUT2D eigenvalue weighted by Crippen LogP contribution is -2.38. The molecular weight excluding hydrogens is 343 g/mol. The maximum atomic E-state index is 13.4. The SMILES string of the molecule is CC(=O)c1ccc(C#N)c(N2CCOC(c3ccc(F)c(Cl)c3)C2)c1. The van der Waals surface area contributed by atoms with E-state index in [1.54, 1.807) is 30.3 Å². The second-order valence-corrected chi connectivity index (χ2v) is 6.29. The molecular formula is C19H16ClFN2O2. The number of hydrogen-bond acceptors (Lipinski definition) is 4. The molecule has 0 radical (unpaired) electrons. The molecule has 0 spiro atoms. The van der Waals surface area contributed by atoms with Crippen molar-refractivity contribution in [1.29, 1.82) is 5.26 Å². The molecule has 0 bridgehead atoms. The Morgan fingerprint density at radius 1 is 1.36 bits per heavy atom. The number of halogens is 2. The molecule has 128 valence electrons. The fourth-order valence-electron chi connectivity index (χ4n) is 2.89. The highest BCUT2D eigenvalue weighted by Crippen LogP contribution is 2.30. The van der Waals surface area contributed by atoms with Crippen molar-refractivity contribution in [3.8, 4) is 6.07 Å². The van der Waals surface area contributed by atoms with Gasteiger partial charge in [-0.05, 0) is 42.8 Å². The molecule has 1 unspecified atom stereocenters. The number of benzene rings is 2. The zero-order chi connectivity index (χ0) is 18.0. The van der Waals surface area contributed by atoms with Crippen LogP contribution < -0.4 is 4.90 Å². The van der Waals surface area contributed by atoms with E-state index in [2.05, 4.69) is 6.07 Å². The summed E-state index contributed by atoms with van der Waals surface area (Å²) in [6, 6.07) is 11.7. The smallest absolute Gasteiger partial charge is 0.159 e. The van der Waals surface area contributed by atoms with Crippen LogP contribution in [0.4, 0.5) is 10.1 Å². The Hall–Kier alpha value is -2.42. The summed E-state index contributed by atoms with van der Waals surface area (Å²) < 4.78 is 19.2. The summed E-state index contributed by atoms with van der Waals surface area (Å²) in [5.74, 6) is -0.528. The van der Waals surface area contributed by atoms with Crippen LogP contribution in [0.25, 0.3) is 0 Å². The quantitative estimate of drug-likeness (QED) is 0.774. The number of ether oxygens (including phenoxy) is 1. The van der Waals surface area contributed by atoms with Crippen molar-refractivity contribution in [3.05, 3.63) is 63.9 Å². The van der Waals surface area contributed by atoms with Gasteiger partial charge in [-0.15, -0.1) is 0 Å². The standard InChI is InChI=1S/C19H16ClFN2O2/c1-12(24)13-2-3-15(10-22)18(9-13)23-6-7-25-19(11-23)14-4-5-17(21)16(20)8-14/h2-5,8-9,19H,6-7,11H2,1H3. The van der Waals surface area contributed by atoms with Gasteiger partial charge in [-0.1, -0.05) is 17.7 Å². The Morgan fingerprint density at radius 3 is 2.84 bits per heavy atom. The van der Waals surface area contributed by atoms with Crippen molar-refractivity contribution in [2.75, 3.05) is 24.6 Å². The minimum atomic E-state index is -0.473. The van der Waals surface area contributed by atoms with Gasteiger partial charge >= 0.3 is 0 Å². The summed E-state index contributed by atoms with van der Waals surface area (Å²) in [7, 11) is 0. The molecule has 0 saturated carbocycles. The van der Waals surface area contributed by atoms with E-state index >= 15 is 0 Å². The number of carbonyl (C=O) groups excluding carboxylic acids is 1. The molecule has 1 fully saturated rings. The maximum absolute atomic E-state index is 13.4. The second kappa shape index (κ2) is 7.22. The summed E-state index contributed by atoms with van der Waals surface area (Å²) in [4.78, 5) is 13.7. The average Bonchev–Trinajstić information content (AvgIpc) is 2.63. The number of anilines is 1. The predicted molar refractivity (Wildman–Crippen MR) is 93.5 cm³/mol. The molecule has 1 atom stereocenters. The van der Waals surface area contributed by atoms with Crippen LogP contribution in [-0.4, -0.2) is 25.5 Å². The summed E-state index contributed by atoms with van der Waals surface area (Å²) >= 11 is 5.87. The first-order valence-electron chi connectivity index (χ1n) is 7.86. The van der Waals surface area contributed by atoms with E-state index < -0.39 is 5.82 Å². The Bertz CT molecular complexity index is 863. The Balaban J connectivity index is 1.91. The molecule has 3 rings (SSSR count). The maximum Gasteiger partial charge on any atom is 0.159 e. The minimum absolute atomic E-state index is 0.0505. The normalized spacial score (nSPS) is 17.2. The van der Waals surface area contributed by atoms with Crippen molar-refractivity contribution >= 4 is 23.1 Å². The van der Waals surface area contributed by atoms with E-state index in [1.807, 2.05) is 4.90 Å². The number of carbonyl (C=O) groups is 1. The van der Waals surface area contributed by atoms with Crippen molar-refractivity contribution in [1.82, 2.24) is 0 Å². The lowest BCUT2D eigenvalue weighted by Gasteiger charge is -2.35. The third kappa shape index (κ3) is 3.65. The van der Waals surface area contributed by atoms with E-state index in [9.17, 15) is 14.4 Å². The lowest BCUT2D eigenvalue weighted by molar-refractivity contribution is 0.0397. The van der Waals surface area contributed by atoms with Crippen LogP contribution in [-0.2, 0) is 4.74 Å². The molecule has 0 aliphatic carbocycles. The molecule has 1 saturated heterocycles. The van der Waals surface area contributed by atoms with E-state index in [-0.39, 0.29) is 16.9 Å². The van der Waals surface area contributed by atoms with Crippen molar-refractivity contribution in [3.63, 3.8) is 0 Å². The lowest BCUT2D eigenvalue weighted by atomic mass is 10.0. The average molecular weight is 359 g/mol. The van der Waals surface area contributed by atoms with Crippen LogP contribution in [0.1, 0.15) is 34.5 Å². The molecule has 1 aliphatic heterocycles. The van der Waals surface area contributed by atoms with E-state index in [0.29, 0.717) is 36.5 Å². The summed E-state index contributed by atoms with van der Waals surface area (Å²) in [6.45, 7) is 3.03. The van der Waals surface area contributed by atoms with Crippen LogP contribution in [0, 0.1) is 17.1 Å². The highest BCUT2D eigenvalue weighted by atomic mass is 35.5. The molecule has 1 heterocycles. The highest BCUT2D eigenvalue weighted by molar-refractivity contribution is 6.30. The first-order chi connectivity index (χ1) is 12.0. The third-order valence-corrected chi connectivity index (χ3v) is 4.54. The Morgan fingerprint density at radius 2 is 2.16 bits per heavy atom. The van der Waals surface area contributed by atoms with Gasteiger partial charge in [0, 0.05) is 18.7 Å². The van der Waals surface area contributed by atoms with Crippen LogP contribution in [0.15, 0.2) is 36.4 Å². The number of Topliss-reactive ketones (excluding diaryl/α,β-unsaturated/α-hetero) is 1. The summed E-state index contributed by atoms with van der Waals surface area (Å²) in [5, 5.41) is 9.43. The molecule has 0 amide bonds. The van der Waals surface area contributed by atoms with Gasteiger partial charge in [0.1, 0.15) is 18.0 Å². The summed E-state index contributed by atoms with van der Waals surface area (Å²) in [5.41, 5.74) is 2.54. The first-order valence-corrected chi connectivity index (χ1v) is 8.24. The number of rotatable bonds is 3. The van der Waals surface area contributed by atoms with Gasteiger partial charge in [-0.2, -0.15) is 5.26 Å². The highest BCUT2D eigenvalue weighted by Gasteiger charge is 2.25. The molecule has 0 N–H and O–H groups in total. The van der Waals surface area contributed by atoms with Gasteiger partial charge < -0.3 is 9.64 Å². The van der Waals surface area contributed by atoms with Gasteiger partial charge in [0.15, 0.2) is 5.78 Å². The predicted octanol–water partition coefficient (Wildman–Crippen LogP) is 4.13. The zero-order valence-electron chi connectivity index (χ0n) is 13.6. The van der Waals surface area contributed by atoms with Gasteiger partial charge in [0.2, 0.25) is 0 Å². The Labute approximate surface area is 150 Å². The zero-order valence-corrected chi connectivity index (χ0v) is 14.4. The molecule has 6 heteroatoms. The Kier molecular flexibility index (Phi) is 5.03. The topological polar surface area (TPSA) is 53.3 Å². The number of nitriles is 1. The number of nitrogens with zero attached hydrogens (tertiary/aromatic N) is 2. The van der Waals surface area contributed by atoms with Gasteiger partial charge in [0.25, 0.3) is 0 Å². The minimum Gasteiger partial charge on any atom is -0.370 e. The summed E-state index contributed by atoms with van der Waals surface area (Å²) in [6.07, 6.45) is -0.292. The van der Waals surface area contributed by atoms with Crippen molar-refractivity contribution in [2.45, 2.75) is 13.0 Å². The molecule has 25 heavy (non-hydrogen) atoms. The van der Waals surface area contributed by atoms with E-state index in [0.717, 1.165) is 5.56 Å². The van der Waals surface area contributed by atoms with Gasteiger partial charge in [0.05, 0.1) is 22.9 Å². The molecule has 4 nitrogen and oxygen atoms in total. The van der Waals surface area contributed by atoms with Crippen LogP contribution >= 0.6 is 11.6 Å². The van der Waals surface area contributed by atoms with Crippen LogP contribution in [0.3, 0.4) is 0 Å². The van der Waals surface area contributed by atoms with E-state index in [4.69, 9.17) is 16.3 Å². The third-order valence-electron chi connectivity index (χ3n) is 4.25. The molecule has 0 aromatic heterocycles. The second-order valence-electron chi connectivity index (χ2n) is 5.88. The fraction of sp³-hybridized carbons (Fsp3) is 0.263. The van der Waals surface area contributed by atoms with Crippen LogP contribution in [0.2, 0.25) is 5.02 Å².